The number of carbonyl (C=O) groups excluding carboxylic acids is 3. The van der Waals surface area contributed by atoms with Gasteiger partial charge in [-0.3, -0.25) is 14.4 Å². The minimum Gasteiger partial charge on any atom is -0.462 e. The molecule has 0 aliphatic carbocycles. The van der Waals surface area contributed by atoms with E-state index >= 15 is 0 Å². The Morgan fingerprint density at radius 1 is 0.290 bits per heavy atom. The summed E-state index contributed by atoms with van der Waals surface area (Å²) in [6.45, 7) is 9.11. The molecule has 0 heterocycles. The van der Waals surface area contributed by atoms with E-state index < -0.39 is 6.10 Å². The standard InChI is InChI=1S/C63H122O6/c1-5-8-10-12-14-16-18-19-20-21-22-26-29-32-35-39-43-47-51-55-62(65)68-58-60(57-67-61(64)54-50-46-42-38-17-15-13-11-9-6-2)69-63(66)56-52-48-44-40-36-33-30-27-24-23-25-28-31-34-37-41-45-49-53-59(4)7-3/h59-60H,5-58H2,1-4H3/t59?,60-/m0/s1. The number of ether oxygens (including phenoxy) is 3. The fraction of sp³-hybridized carbons (Fsp3) is 0.952. The molecule has 2 atom stereocenters. The zero-order valence-electron chi connectivity index (χ0n) is 47.3. The maximum absolute atomic E-state index is 12.9. The number of hydrogen-bond donors (Lipinski definition) is 0. The van der Waals surface area contributed by atoms with Gasteiger partial charge in [0, 0.05) is 19.3 Å². The number of unbranched alkanes of at least 4 members (excludes halogenated alkanes) is 44. The van der Waals surface area contributed by atoms with Gasteiger partial charge in [-0.05, 0) is 25.2 Å². The van der Waals surface area contributed by atoms with Crippen molar-refractivity contribution in [3.05, 3.63) is 0 Å². The van der Waals surface area contributed by atoms with Crippen molar-refractivity contribution in [1.82, 2.24) is 0 Å². The smallest absolute Gasteiger partial charge is 0.306 e. The normalized spacial score (nSPS) is 12.3. The molecule has 6 nitrogen and oxygen atoms in total. The Balaban J connectivity index is 4.19. The van der Waals surface area contributed by atoms with E-state index in [1.165, 1.54) is 257 Å². The first kappa shape index (κ1) is 67.4. The predicted octanol–water partition coefficient (Wildman–Crippen LogP) is 21.0. The van der Waals surface area contributed by atoms with Crippen LogP contribution in [0.4, 0.5) is 0 Å². The molecule has 0 saturated heterocycles. The van der Waals surface area contributed by atoms with Crippen molar-refractivity contribution in [2.75, 3.05) is 13.2 Å². The van der Waals surface area contributed by atoms with Gasteiger partial charge >= 0.3 is 17.9 Å². The van der Waals surface area contributed by atoms with Gasteiger partial charge in [-0.1, -0.05) is 323 Å². The zero-order chi connectivity index (χ0) is 50.2. The van der Waals surface area contributed by atoms with Crippen LogP contribution in [0.3, 0.4) is 0 Å². The van der Waals surface area contributed by atoms with Crippen molar-refractivity contribution in [1.29, 1.82) is 0 Å². The number of rotatable bonds is 58. The molecule has 1 unspecified atom stereocenters. The highest BCUT2D eigenvalue weighted by atomic mass is 16.6. The Hall–Kier alpha value is -1.59. The fourth-order valence-corrected chi connectivity index (χ4v) is 9.78. The molecule has 0 radical (unpaired) electrons. The summed E-state index contributed by atoms with van der Waals surface area (Å²) in [5.41, 5.74) is 0. The van der Waals surface area contributed by atoms with Crippen LogP contribution in [0.15, 0.2) is 0 Å². The zero-order valence-corrected chi connectivity index (χ0v) is 47.3. The molecule has 0 aliphatic rings. The third-order valence-electron chi connectivity index (χ3n) is 14.9. The van der Waals surface area contributed by atoms with Crippen molar-refractivity contribution in [3.8, 4) is 0 Å². The molecule has 0 amide bonds. The van der Waals surface area contributed by atoms with E-state index in [2.05, 4.69) is 27.7 Å². The first-order chi connectivity index (χ1) is 33.9. The summed E-state index contributed by atoms with van der Waals surface area (Å²) < 4.78 is 16.9. The average molecular weight is 976 g/mol. The van der Waals surface area contributed by atoms with Gasteiger partial charge in [-0.2, -0.15) is 0 Å². The van der Waals surface area contributed by atoms with E-state index in [1.54, 1.807) is 0 Å². The van der Waals surface area contributed by atoms with Crippen molar-refractivity contribution >= 4 is 17.9 Å². The summed E-state index contributed by atoms with van der Waals surface area (Å²) in [6, 6.07) is 0. The van der Waals surface area contributed by atoms with Crippen LogP contribution in [0, 0.1) is 5.92 Å². The second-order valence-corrected chi connectivity index (χ2v) is 21.9. The molecule has 0 fully saturated rings. The number of carbonyl (C=O) groups is 3. The summed E-state index contributed by atoms with van der Waals surface area (Å²) in [5.74, 6) is 0.0770. The predicted molar refractivity (Wildman–Crippen MR) is 298 cm³/mol. The lowest BCUT2D eigenvalue weighted by Gasteiger charge is -2.18. The van der Waals surface area contributed by atoms with Gasteiger partial charge in [0.1, 0.15) is 13.2 Å². The Morgan fingerprint density at radius 2 is 0.507 bits per heavy atom. The van der Waals surface area contributed by atoms with Crippen molar-refractivity contribution in [2.24, 2.45) is 5.92 Å². The number of hydrogen-bond acceptors (Lipinski definition) is 6. The largest absolute Gasteiger partial charge is 0.462 e. The van der Waals surface area contributed by atoms with Gasteiger partial charge < -0.3 is 14.2 Å². The van der Waals surface area contributed by atoms with E-state index in [1.807, 2.05) is 0 Å². The first-order valence-corrected chi connectivity index (χ1v) is 31.4. The van der Waals surface area contributed by atoms with Crippen molar-refractivity contribution in [2.45, 2.75) is 368 Å². The Morgan fingerprint density at radius 3 is 0.754 bits per heavy atom. The fourth-order valence-electron chi connectivity index (χ4n) is 9.78. The summed E-state index contributed by atoms with van der Waals surface area (Å²) in [5, 5.41) is 0. The minimum atomic E-state index is -0.762. The van der Waals surface area contributed by atoms with E-state index in [9.17, 15) is 14.4 Å². The summed E-state index contributed by atoms with van der Waals surface area (Å²) in [7, 11) is 0. The molecule has 0 saturated carbocycles. The maximum Gasteiger partial charge on any atom is 0.306 e. The van der Waals surface area contributed by atoms with Gasteiger partial charge in [0.15, 0.2) is 6.10 Å². The van der Waals surface area contributed by atoms with E-state index in [0.29, 0.717) is 19.3 Å². The van der Waals surface area contributed by atoms with E-state index in [4.69, 9.17) is 14.2 Å². The molecular formula is C63H122O6. The molecule has 0 aromatic carbocycles. The third-order valence-corrected chi connectivity index (χ3v) is 14.9. The molecule has 410 valence electrons. The van der Waals surface area contributed by atoms with E-state index in [-0.39, 0.29) is 31.1 Å². The highest BCUT2D eigenvalue weighted by Gasteiger charge is 2.19. The van der Waals surface area contributed by atoms with Crippen LogP contribution in [0.5, 0.6) is 0 Å². The van der Waals surface area contributed by atoms with Gasteiger partial charge in [0.2, 0.25) is 0 Å². The van der Waals surface area contributed by atoms with Crippen LogP contribution in [-0.2, 0) is 28.6 Å². The molecule has 6 heteroatoms. The SMILES string of the molecule is CCCCCCCCCCCCCCCCCCCCCC(=O)OC[C@H](COC(=O)CCCCCCCCCCCC)OC(=O)CCCCCCCCCCCCCCCCCCCCC(C)CC. The quantitative estimate of drug-likeness (QED) is 0.0343. The summed E-state index contributed by atoms with van der Waals surface area (Å²) in [4.78, 5) is 38.2. The average Bonchev–Trinajstić information content (AvgIpc) is 3.35. The molecular weight excluding hydrogens is 853 g/mol. The maximum atomic E-state index is 12.9. The lowest BCUT2D eigenvalue weighted by Crippen LogP contribution is -2.30. The molecule has 0 rings (SSSR count). The molecule has 0 spiro atoms. The van der Waals surface area contributed by atoms with Crippen LogP contribution in [0.2, 0.25) is 0 Å². The highest BCUT2D eigenvalue weighted by Crippen LogP contribution is 2.19. The minimum absolute atomic E-state index is 0.0614. The second kappa shape index (κ2) is 57.3. The summed E-state index contributed by atoms with van der Waals surface area (Å²) >= 11 is 0. The molecule has 69 heavy (non-hydrogen) atoms. The molecule has 0 N–H and O–H groups in total. The van der Waals surface area contributed by atoms with Crippen molar-refractivity contribution < 1.29 is 28.6 Å². The van der Waals surface area contributed by atoms with Gasteiger partial charge in [0.05, 0.1) is 0 Å². The summed E-state index contributed by atoms with van der Waals surface area (Å²) in [6.07, 6.45) is 63.9. The van der Waals surface area contributed by atoms with Crippen LogP contribution in [0.25, 0.3) is 0 Å². The van der Waals surface area contributed by atoms with Crippen molar-refractivity contribution in [3.63, 3.8) is 0 Å². The third kappa shape index (κ3) is 55.6. The van der Waals surface area contributed by atoms with Crippen LogP contribution >= 0.6 is 0 Å². The Bertz CT molecular complexity index is 1040. The topological polar surface area (TPSA) is 78.9 Å². The molecule has 0 bridgehead atoms. The Labute approximate surface area is 431 Å². The van der Waals surface area contributed by atoms with Crippen LogP contribution < -0.4 is 0 Å². The van der Waals surface area contributed by atoms with Gasteiger partial charge in [-0.15, -0.1) is 0 Å². The number of esters is 3. The lowest BCUT2D eigenvalue weighted by atomic mass is 9.99. The lowest BCUT2D eigenvalue weighted by molar-refractivity contribution is -0.167. The molecule has 0 aliphatic heterocycles. The molecule has 0 aromatic heterocycles. The first-order valence-electron chi connectivity index (χ1n) is 31.4. The molecule has 0 aromatic rings. The van der Waals surface area contributed by atoms with Crippen LogP contribution in [-0.4, -0.2) is 37.2 Å². The van der Waals surface area contributed by atoms with E-state index in [0.717, 1.165) is 63.7 Å². The highest BCUT2D eigenvalue weighted by molar-refractivity contribution is 5.71. The van der Waals surface area contributed by atoms with Gasteiger partial charge in [-0.25, -0.2) is 0 Å². The second-order valence-electron chi connectivity index (χ2n) is 21.9. The van der Waals surface area contributed by atoms with Crippen LogP contribution in [0.1, 0.15) is 362 Å². The van der Waals surface area contributed by atoms with Gasteiger partial charge in [0.25, 0.3) is 0 Å². The monoisotopic (exact) mass is 975 g/mol. The Kier molecular flexibility index (Phi) is 56.0.